The average Bonchev–Trinajstić information content (AvgIpc) is 2.70. The van der Waals surface area contributed by atoms with Gasteiger partial charge in [-0.25, -0.2) is 4.79 Å². The van der Waals surface area contributed by atoms with Crippen LogP contribution < -0.4 is 16.0 Å². The fourth-order valence-electron chi connectivity index (χ4n) is 2.80. The maximum atomic E-state index is 12.8. The first-order chi connectivity index (χ1) is 14.3. The molecule has 30 heavy (non-hydrogen) atoms. The first-order valence-corrected chi connectivity index (χ1v) is 9.87. The van der Waals surface area contributed by atoms with Crippen molar-refractivity contribution in [2.75, 3.05) is 19.6 Å². The summed E-state index contributed by atoms with van der Waals surface area (Å²) in [7, 11) is 0. The molecule has 0 bridgehead atoms. The summed E-state index contributed by atoms with van der Waals surface area (Å²) in [5.41, 5.74) is 1.16. The van der Waals surface area contributed by atoms with Gasteiger partial charge in [0.2, 0.25) is 11.8 Å². The molecule has 2 aromatic rings. The Kier molecular flexibility index (Phi) is 8.41. The number of hydrogen-bond acceptors (Lipinski definition) is 4. The van der Waals surface area contributed by atoms with Crippen molar-refractivity contribution in [1.29, 1.82) is 0 Å². The first kappa shape index (κ1) is 22.9. The maximum absolute atomic E-state index is 12.8. The molecule has 160 valence electrons. The molecule has 0 fully saturated rings. The van der Waals surface area contributed by atoms with Crippen LogP contribution in [0, 0.1) is 0 Å². The molecule has 2 rings (SSSR count). The minimum Gasteiger partial charge on any atom is -0.444 e. The third-order valence-corrected chi connectivity index (χ3v) is 4.07. The van der Waals surface area contributed by atoms with Gasteiger partial charge >= 0.3 is 6.09 Å². The summed E-state index contributed by atoms with van der Waals surface area (Å²) in [6.07, 6.45) is -0.653. The molecule has 0 unspecified atom stereocenters. The Bertz CT molecular complexity index is 793. The Balaban J connectivity index is 1.81. The second-order valence-corrected chi connectivity index (χ2v) is 7.75. The van der Waals surface area contributed by atoms with Gasteiger partial charge in [0.25, 0.3) is 0 Å². The summed E-state index contributed by atoms with van der Waals surface area (Å²) in [6, 6.07) is 19.1. The van der Waals surface area contributed by atoms with Gasteiger partial charge in [0.05, 0.1) is 12.5 Å². The molecule has 2 aromatic carbocycles. The van der Waals surface area contributed by atoms with Gasteiger partial charge in [-0.3, -0.25) is 9.59 Å². The van der Waals surface area contributed by atoms with Crippen LogP contribution in [0.3, 0.4) is 0 Å². The molecule has 0 aromatic heterocycles. The van der Waals surface area contributed by atoms with E-state index in [2.05, 4.69) is 16.0 Å². The highest BCUT2D eigenvalue weighted by molar-refractivity contribution is 5.87. The number of ether oxygens (including phenoxy) is 1. The normalized spacial score (nSPS) is 10.9. The summed E-state index contributed by atoms with van der Waals surface area (Å²) in [4.78, 5) is 36.2. The highest BCUT2D eigenvalue weighted by atomic mass is 16.6. The lowest BCUT2D eigenvalue weighted by Crippen LogP contribution is -2.42. The van der Waals surface area contributed by atoms with Crippen LogP contribution in [0.1, 0.15) is 37.8 Å². The number of benzene rings is 2. The van der Waals surface area contributed by atoms with Gasteiger partial charge < -0.3 is 20.7 Å². The quantitative estimate of drug-likeness (QED) is 0.582. The largest absolute Gasteiger partial charge is 0.444 e. The van der Waals surface area contributed by atoms with Crippen LogP contribution in [0.4, 0.5) is 4.79 Å². The molecule has 3 N–H and O–H groups in total. The van der Waals surface area contributed by atoms with E-state index in [-0.39, 0.29) is 31.4 Å². The second-order valence-electron chi connectivity index (χ2n) is 7.75. The van der Waals surface area contributed by atoms with Crippen molar-refractivity contribution >= 4 is 17.9 Å². The van der Waals surface area contributed by atoms with Crippen molar-refractivity contribution in [2.24, 2.45) is 0 Å². The van der Waals surface area contributed by atoms with E-state index in [4.69, 9.17) is 4.74 Å². The second kappa shape index (κ2) is 11.0. The maximum Gasteiger partial charge on any atom is 0.408 e. The van der Waals surface area contributed by atoms with E-state index >= 15 is 0 Å². The zero-order chi connectivity index (χ0) is 22.0. The van der Waals surface area contributed by atoms with E-state index in [0.717, 1.165) is 11.1 Å². The fraction of sp³-hybridized carbons (Fsp3) is 0.348. The van der Waals surface area contributed by atoms with Crippen LogP contribution in [0.15, 0.2) is 60.7 Å². The molecule has 0 heterocycles. The molecular weight excluding hydrogens is 382 g/mol. The number of carbonyl (C=O) groups excluding carboxylic acids is 3. The first-order valence-electron chi connectivity index (χ1n) is 9.87. The molecule has 0 aliphatic carbocycles. The van der Waals surface area contributed by atoms with E-state index in [1.54, 1.807) is 20.8 Å². The summed E-state index contributed by atoms with van der Waals surface area (Å²) in [5, 5.41) is 7.91. The van der Waals surface area contributed by atoms with Crippen molar-refractivity contribution in [2.45, 2.75) is 32.3 Å². The highest BCUT2D eigenvalue weighted by Gasteiger charge is 2.22. The van der Waals surface area contributed by atoms with Crippen LogP contribution in [-0.4, -0.2) is 43.1 Å². The topological polar surface area (TPSA) is 96.5 Å². The van der Waals surface area contributed by atoms with Gasteiger partial charge in [0.15, 0.2) is 0 Å². The van der Waals surface area contributed by atoms with Gasteiger partial charge in [-0.1, -0.05) is 60.7 Å². The lowest BCUT2D eigenvalue weighted by atomic mass is 9.90. The Morgan fingerprint density at radius 3 is 1.80 bits per heavy atom. The van der Waals surface area contributed by atoms with Gasteiger partial charge in [-0.2, -0.15) is 0 Å². The Morgan fingerprint density at radius 2 is 1.30 bits per heavy atom. The van der Waals surface area contributed by atoms with Crippen molar-refractivity contribution in [3.05, 3.63) is 71.8 Å². The lowest BCUT2D eigenvalue weighted by Gasteiger charge is -2.19. The predicted octanol–water partition coefficient (Wildman–Crippen LogP) is 2.58. The summed E-state index contributed by atoms with van der Waals surface area (Å²) in [5.74, 6) is -0.941. The molecule has 0 atom stereocenters. The molecular formula is C23H29N3O4. The zero-order valence-electron chi connectivity index (χ0n) is 17.6. The zero-order valence-corrected chi connectivity index (χ0v) is 17.6. The van der Waals surface area contributed by atoms with Gasteiger partial charge in [-0.05, 0) is 31.9 Å². The summed E-state index contributed by atoms with van der Waals surface area (Å²) >= 11 is 0. The van der Waals surface area contributed by atoms with Gasteiger partial charge in [0, 0.05) is 13.1 Å². The molecule has 0 saturated carbocycles. The molecule has 0 spiro atoms. The van der Waals surface area contributed by atoms with Crippen LogP contribution in [0.2, 0.25) is 0 Å². The van der Waals surface area contributed by atoms with Gasteiger partial charge in [-0.15, -0.1) is 0 Å². The monoisotopic (exact) mass is 411 g/mol. The van der Waals surface area contributed by atoms with Crippen LogP contribution in [0.5, 0.6) is 0 Å². The Labute approximate surface area is 177 Å². The van der Waals surface area contributed by atoms with Crippen LogP contribution in [0.25, 0.3) is 0 Å². The third kappa shape index (κ3) is 7.95. The number of alkyl carbamates (subject to hydrolysis) is 1. The molecule has 3 amide bonds. The van der Waals surface area contributed by atoms with Crippen LogP contribution in [-0.2, 0) is 14.3 Å². The predicted molar refractivity (Wildman–Crippen MR) is 115 cm³/mol. The molecule has 0 radical (unpaired) electrons. The summed E-state index contributed by atoms with van der Waals surface area (Å²) in [6.45, 7) is 5.55. The number of rotatable bonds is 8. The van der Waals surface area contributed by atoms with Crippen LogP contribution >= 0.6 is 0 Å². The van der Waals surface area contributed by atoms with E-state index < -0.39 is 17.6 Å². The minimum atomic E-state index is -0.653. The molecule has 0 aliphatic heterocycles. The highest BCUT2D eigenvalue weighted by Crippen LogP contribution is 2.24. The number of amides is 3. The standard InChI is InChI=1S/C23H29N3O4/c1-23(2,3)30-22(29)26-16-19(27)24-14-15-25-21(28)20(17-10-6-4-7-11-17)18-12-8-5-9-13-18/h4-13,20H,14-16H2,1-3H3,(H,24,27)(H,25,28)(H,26,29). The molecule has 0 aliphatic rings. The van der Waals surface area contributed by atoms with Crippen molar-refractivity contribution < 1.29 is 19.1 Å². The average molecular weight is 412 g/mol. The fourth-order valence-corrected chi connectivity index (χ4v) is 2.80. The number of nitrogens with one attached hydrogen (secondary N) is 3. The smallest absolute Gasteiger partial charge is 0.408 e. The van der Waals surface area contributed by atoms with E-state index in [1.807, 2.05) is 60.7 Å². The van der Waals surface area contributed by atoms with E-state index in [1.165, 1.54) is 0 Å². The van der Waals surface area contributed by atoms with E-state index in [9.17, 15) is 14.4 Å². The minimum absolute atomic E-state index is 0.145. The van der Waals surface area contributed by atoms with Crippen molar-refractivity contribution in [3.63, 3.8) is 0 Å². The van der Waals surface area contributed by atoms with E-state index in [0.29, 0.717) is 0 Å². The molecule has 7 nitrogen and oxygen atoms in total. The van der Waals surface area contributed by atoms with Gasteiger partial charge in [0.1, 0.15) is 5.60 Å². The number of hydrogen-bond donors (Lipinski definition) is 3. The third-order valence-electron chi connectivity index (χ3n) is 4.07. The number of carbonyl (C=O) groups is 3. The lowest BCUT2D eigenvalue weighted by molar-refractivity contribution is -0.122. The SMILES string of the molecule is CC(C)(C)OC(=O)NCC(=O)NCCNC(=O)C(c1ccccc1)c1ccccc1. The summed E-state index contributed by atoms with van der Waals surface area (Å²) < 4.78 is 5.07. The Morgan fingerprint density at radius 1 is 0.800 bits per heavy atom. The van der Waals surface area contributed by atoms with Crippen molar-refractivity contribution in [1.82, 2.24) is 16.0 Å². The molecule has 0 saturated heterocycles. The van der Waals surface area contributed by atoms with Crippen molar-refractivity contribution in [3.8, 4) is 0 Å². The Hall–Kier alpha value is -3.35. The molecule has 7 heteroatoms.